The molecule has 5 rings (SSSR count). The molecule has 2 aromatic carbocycles. The number of fused-ring (bicyclic) bond motifs is 2. The molecule has 1 atom stereocenters. The lowest BCUT2D eigenvalue weighted by atomic mass is 10.1. The van der Waals surface area contributed by atoms with Gasteiger partial charge in [-0.2, -0.15) is 10.2 Å². The van der Waals surface area contributed by atoms with E-state index < -0.39 is 5.41 Å². The first-order chi connectivity index (χ1) is 15.6. The highest BCUT2D eigenvalue weighted by molar-refractivity contribution is 7.18. The number of hydrogen-bond acceptors (Lipinski definition) is 9. The molecule has 0 spiro atoms. The van der Waals surface area contributed by atoms with E-state index in [4.69, 9.17) is 18.9 Å². The number of ether oxygens (including phenoxy) is 4. The van der Waals surface area contributed by atoms with Gasteiger partial charge >= 0.3 is 6.01 Å². The predicted octanol–water partition coefficient (Wildman–Crippen LogP) is 3.86. The highest BCUT2D eigenvalue weighted by Gasteiger charge is 2.58. The van der Waals surface area contributed by atoms with E-state index in [1.807, 2.05) is 24.3 Å². The van der Waals surface area contributed by atoms with Gasteiger partial charge in [0.05, 0.1) is 43.3 Å². The van der Waals surface area contributed by atoms with Crippen LogP contribution in [-0.4, -0.2) is 36.3 Å². The monoisotopic (exact) mass is 446 g/mol. The molecule has 0 saturated heterocycles. The Bertz CT molecular complexity index is 1320. The van der Waals surface area contributed by atoms with Gasteiger partial charge in [-0.1, -0.05) is 12.1 Å². The number of rotatable bonds is 7. The summed E-state index contributed by atoms with van der Waals surface area (Å²) in [5.74, 6) is 1.58. The number of aromatic nitrogens is 3. The van der Waals surface area contributed by atoms with Gasteiger partial charge in [0.2, 0.25) is 5.75 Å². The number of thiazole rings is 1. The standard InChI is InChI=1S/C23H18N4O4S/c1-28-16-8-13(9-17(29-2)19(16)30-3)11-31-22-25-10-14-20(27-22)23(14,12-24)21-26-15-6-4-5-7-18(15)32-21/h4-10H,11H2,1-3H3. The average Bonchev–Trinajstić information content (AvgIpc) is 3.28. The van der Waals surface area contributed by atoms with Gasteiger partial charge in [0, 0.05) is 11.8 Å². The average molecular weight is 446 g/mol. The van der Waals surface area contributed by atoms with E-state index in [-0.39, 0.29) is 12.6 Å². The Kier molecular flexibility index (Phi) is 4.79. The third kappa shape index (κ3) is 2.99. The molecular formula is C23H18N4O4S. The fraction of sp³-hybridized carbons (Fsp3) is 0.217. The molecule has 2 aromatic heterocycles. The highest BCUT2D eigenvalue weighted by Crippen LogP contribution is 2.54. The molecule has 0 fully saturated rings. The molecule has 0 radical (unpaired) electrons. The number of nitriles is 1. The Hall–Kier alpha value is -3.90. The van der Waals surface area contributed by atoms with Gasteiger partial charge in [0.15, 0.2) is 16.9 Å². The largest absolute Gasteiger partial charge is 0.493 e. The lowest BCUT2D eigenvalue weighted by Crippen LogP contribution is -2.07. The lowest BCUT2D eigenvalue weighted by molar-refractivity contribution is 0.277. The van der Waals surface area contributed by atoms with Crippen LogP contribution in [0, 0.1) is 11.3 Å². The maximum absolute atomic E-state index is 9.99. The van der Waals surface area contributed by atoms with Crippen LogP contribution >= 0.6 is 11.3 Å². The zero-order chi connectivity index (χ0) is 22.3. The minimum atomic E-state index is -0.954. The maximum atomic E-state index is 9.99. The number of methoxy groups -OCH3 is 3. The van der Waals surface area contributed by atoms with E-state index in [1.165, 1.54) is 11.3 Å². The van der Waals surface area contributed by atoms with Crippen molar-refractivity contribution in [3.63, 3.8) is 0 Å². The molecule has 8 nitrogen and oxygen atoms in total. The van der Waals surface area contributed by atoms with Crippen LogP contribution in [0.1, 0.15) is 21.8 Å². The van der Waals surface area contributed by atoms with Crippen LogP contribution in [0.5, 0.6) is 23.3 Å². The van der Waals surface area contributed by atoms with Gasteiger partial charge in [0.1, 0.15) is 11.6 Å². The molecular weight excluding hydrogens is 428 g/mol. The smallest absolute Gasteiger partial charge is 0.316 e. The molecule has 9 heteroatoms. The fourth-order valence-electron chi connectivity index (χ4n) is 3.68. The number of nitrogens with zero attached hydrogens (tertiary/aromatic N) is 4. The van der Waals surface area contributed by atoms with E-state index in [9.17, 15) is 5.26 Å². The van der Waals surface area contributed by atoms with Crippen molar-refractivity contribution in [2.75, 3.05) is 21.3 Å². The predicted molar refractivity (Wildman–Crippen MR) is 118 cm³/mol. The summed E-state index contributed by atoms with van der Waals surface area (Å²) in [5, 5.41) is 10.7. The van der Waals surface area contributed by atoms with Crippen LogP contribution < -0.4 is 18.9 Å². The van der Waals surface area contributed by atoms with Crippen molar-refractivity contribution < 1.29 is 18.9 Å². The van der Waals surface area contributed by atoms with E-state index >= 15 is 0 Å². The van der Waals surface area contributed by atoms with Crippen LogP contribution in [-0.2, 0) is 12.0 Å². The first kappa shape index (κ1) is 20.0. The second kappa shape index (κ2) is 7.66. The molecule has 0 N–H and O–H groups in total. The van der Waals surface area contributed by atoms with Crippen molar-refractivity contribution in [1.82, 2.24) is 15.0 Å². The molecule has 1 aliphatic rings. The van der Waals surface area contributed by atoms with E-state index in [0.29, 0.717) is 28.0 Å². The van der Waals surface area contributed by atoms with Crippen molar-refractivity contribution in [3.8, 4) is 29.3 Å². The molecule has 160 valence electrons. The summed E-state index contributed by atoms with van der Waals surface area (Å²) < 4.78 is 22.9. The summed E-state index contributed by atoms with van der Waals surface area (Å²) in [7, 11) is 4.67. The number of benzene rings is 2. The molecule has 32 heavy (non-hydrogen) atoms. The van der Waals surface area contributed by atoms with Crippen molar-refractivity contribution in [1.29, 1.82) is 5.26 Å². The molecule has 4 aromatic rings. The second-order valence-electron chi connectivity index (χ2n) is 7.09. The van der Waals surface area contributed by atoms with Crippen LogP contribution in [0.15, 0.2) is 42.6 Å². The minimum absolute atomic E-state index is 0.190. The van der Waals surface area contributed by atoms with Gasteiger partial charge in [-0.3, -0.25) is 0 Å². The summed E-state index contributed by atoms with van der Waals surface area (Å²) in [6.45, 7) is 0.191. The topological polar surface area (TPSA) is 99.4 Å². The van der Waals surface area contributed by atoms with Gasteiger partial charge in [-0.15, -0.1) is 11.3 Å². The molecule has 1 unspecified atom stereocenters. The molecule has 2 heterocycles. The van der Waals surface area contributed by atoms with Crippen molar-refractivity contribution in [3.05, 3.63) is 64.4 Å². The normalized spacial score (nSPS) is 16.2. The quantitative estimate of drug-likeness (QED) is 0.422. The first-order valence-electron chi connectivity index (χ1n) is 9.71. The lowest BCUT2D eigenvalue weighted by Gasteiger charge is -2.14. The Morgan fingerprint density at radius 1 is 1.03 bits per heavy atom. The summed E-state index contributed by atoms with van der Waals surface area (Å²) in [6.07, 6.45) is 1.64. The summed E-state index contributed by atoms with van der Waals surface area (Å²) in [6, 6.07) is 14.0. The molecule has 0 aliphatic heterocycles. The van der Waals surface area contributed by atoms with Gasteiger partial charge in [-0.25, -0.2) is 9.97 Å². The summed E-state index contributed by atoms with van der Waals surface area (Å²) in [4.78, 5) is 13.4. The van der Waals surface area contributed by atoms with E-state index in [0.717, 1.165) is 21.3 Å². The first-order valence-corrected chi connectivity index (χ1v) is 10.5. The SMILES string of the molecule is COc1cc(COc2ncc3c(n2)C3(C#N)c2nc3ccccc3s2)cc(OC)c1OC. The van der Waals surface area contributed by atoms with Crippen molar-refractivity contribution in [2.24, 2.45) is 0 Å². The Balaban J connectivity index is 1.40. The zero-order valence-corrected chi connectivity index (χ0v) is 18.4. The van der Waals surface area contributed by atoms with E-state index in [2.05, 4.69) is 21.0 Å². The van der Waals surface area contributed by atoms with Gasteiger partial charge in [0.25, 0.3) is 0 Å². The van der Waals surface area contributed by atoms with Crippen LogP contribution in [0.4, 0.5) is 0 Å². The van der Waals surface area contributed by atoms with Gasteiger partial charge < -0.3 is 18.9 Å². The second-order valence-corrected chi connectivity index (χ2v) is 8.12. The summed E-state index contributed by atoms with van der Waals surface area (Å²) in [5.41, 5.74) is 2.11. The maximum Gasteiger partial charge on any atom is 0.316 e. The number of hydrogen-bond donors (Lipinski definition) is 0. The molecule has 0 bridgehead atoms. The highest BCUT2D eigenvalue weighted by atomic mass is 32.1. The molecule has 0 amide bonds. The third-order valence-corrected chi connectivity index (χ3v) is 6.49. The zero-order valence-electron chi connectivity index (χ0n) is 17.6. The van der Waals surface area contributed by atoms with Crippen LogP contribution in [0.3, 0.4) is 0 Å². The Morgan fingerprint density at radius 2 is 1.78 bits per heavy atom. The van der Waals surface area contributed by atoms with Crippen molar-refractivity contribution >= 4 is 21.6 Å². The Morgan fingerprint density at radius 3 is 2.44 bits per heavy atom. The van der Waals surface area contributed by atoms with Crippen LogP contribution in [0.25, 0.3) is 10.2 Å². The number of para-hydroxylation sites is 1. The minimum Gasteiger partial charge on any atom is -0.493 e. The fourth-order valence-corrected chi connectivity index (χ4v) is 4.80. The van der Waals surface area contributed by atoms with Crippen molar-refractivity contribution in [2.45, 2.75) is 12.0 Å². The summed E-state index contributed by atoms with van der Waals surface area (Å²) >= 11 is 1.49. The molecule has 1 aliphatic carbocycles. The third-order valence-electron chi connectivity index (χ3n) is 5.34. The van der Waals surface area contributed by atoms with Crippen LogP contribution in [0.2, 0.25) is 0 Å². The van der Waals surface area contributed by atoms with Gasteiger partial charge in [-0.05, 0) is 29.8 Å². The molecule has 0 saturated carbocycles. The Labute approximate surface area is 188 Å². The van der Waals surface area contributed by atoms with E-state index in [1.54, 1.807) is 39.7 Å².